The van der Waals surface area contributed by atoms with Gasteiger partial charge in [0.25, 0.3) is 0 Å². The molecule has 11 heteroatoms. The van der Waals surface area contributed by atoms with Gasteiger partial charge in [-0.2, -0.15) is 0 Å². The van der Waals surface area contributed by atoms with E-state index in [4.69, 9.17) is 18.6 Å². The molecule has 1 saturated heterocycles. The van der Waals surface area contributed by atoms with Gasteiger partial charge in [-0.25, -0.2) is 4.79 Å². The minimum Gasteiger partial charge on any atom is -0.507 e. The van der Waals surface area contributed by atoms with Crippen molar-refractivity contribution in [2.45, 2.75) is 43.5 Å². The Morgan fingerprint density at radius 2 is 1.89 bits per heavy atom. The normalized spacial score (nSPS) is 23.8. The van der Waals surface area contributed by atoms with Crippen molar-refractivity contribution in [2.24, 2.45) is 0 Å². The van der Waals surface area contributed by atoms with Crippen LogP contribution in [0.4, 0.5) is 4.79 Å². The van der Waals surface area contributed by atoms with Crippen molar-refractivity contribution in [2.75, 3.05) is 13.7 Å². The Morgan fingerprint density at radius 3 is 2.64 bits per heavy atom. The van der Waals surface area contributed by atoms with Crippen LogP contribution in [0.25, 0.3) is 11.0 Å². The van der Waals surface area contributed by atoms with Gasteiger partial charge in [0.15, 0.2) is 11.9 Å². The number of furan rings is 1. The molecule has 0 saturated carbocycles. The largest absolute Gasteiger partial charge is 0.508 e. The molecule has 1 aliphatic rings. The number of aromatic hydroxyl groups is 1. The summed E-state index contributed by atoms with van der Waals surface area (Å²) in [7, 11) is 1.06. The second kappa shape index (κ2) is 11.0. The molecule has 2 heterocycles. The predicted molar refractivity (Wildman–Crippen MR) is 123 cm³/mol. The fourth-order valence-corrected chi connectivity index (χ4v) is 4.03. The van der Waals surface area contributed by atoms with Crippen LogP contribution in [-0.2, 0) is 20.6 Å². The molecular formula is C25H26O11. The molecule has 0 spiro atoms. The Hall–Kier alpha value is -3.64. The zero-order chi connectivity index (χ0) is 25.8. The van der Waals surface area contributed by atoms with Gasteiger partial charge in [0, 0.05) is 11.8 Å². The summed E-state index contributed by atoms with van der Waals surface area (Å²) in [5.74, 6) is -0.850. The molecule has 1 aliphatic heterocycles. The number of aliphatic hydroxyl groups is 3. The van der Waals surface area contributed by atoms with Crippen LogP contribution < -0.4 is 4.74 Å². The summed E-state index contributed by atoms with van der Waals surface area (Å²) in [4.78, 5) is 24.5. The number of rotatable bonds is 8. The van der Waals surface area contributed by atoms with E-state index in [0.29, 0.717) is 6.42 Å². The predicted octanol–water partition coefficient (Wildman–Crippen LogP) is 1.92. The highest BCUT2D eigenvalue weighted by Gasteiger charge is 2.48. The van der Waals surface area contributed by atoms with Gasteiger partial charge in [-0.3, -0.25) is 4.79 Å². The van der Waals surface area contributed by atoms with Gasteiger partial charge in [-0.15, -0.1) is 0 Å². The summed E-state index contributed by atoms with van der Waals surface area (Å²) in [5.41, 5.74) is 1.50. The van der Waals surface area contributed by atoms with Crippen LogP contribution in [0.15, 0.2) is 53.1 Å². The Kier molecular flexibility index (Phi) is 7.75. The van der Waals surface area contributed by atoms with E-state index in [0.717, 1.165) is 23.6 Å². The molecule has 11 nitrogen and oxygen atoms in total. The molecule has 4 rings (SSSR count). The van der Waals surface area contributed by atoms with Crippen LogP contribution in [0.5, 0.6) is 11.5 Å². The number of Topliss-reactive ketones (excluding diaryl/α,β-unsaturated/α-hetero) is 1. The van der Waals surface area contributed by atoms with Gasteiger partial charge in [-0.1, -0.05) is 12.1 Å². The molecule has 3 aromatic rings. The summed E-state index contributed by atoms with van der Waals surface area (Å²) >= 11 is 0. The van der Waals surface area contributed by atoms with Gasteiger partial charge in [0.1, 0.15) is 41.0 Å². The highest BCUT2D eigenvalue weighted by Crippen LogP contribution is 2.33. The number of ketones is 1. The molecule has 192 valence electrons. The third-order valence-electron chi connectivity index (χ3n) is 5.90. The number of carbonyl (C=O) groups excluding carboxylic acids is 2. The number of methoxy groups -OCH3 is 1. The van der Waals surface area contributed by atoms with E-state index < -0.39 is 49.3 Å². The van der Waals surface area contributed by atoms with Crippen molar-refractivity contribution < 1.29 is 53.4 Å². The second-order valence-electron chi connectivity index (χ2n) is 8.23. The standard InChI is InChI=1S/C25H26O11/c1-32-25(31)36-23-19(12-26)35-24(22(30)21(23)29)34-18-4-2-3-15(27)20(18)16(28)7-5-13-6-8-17-14(11-13)9-10-33-17/h2-4,6,8-11,19,21-24,26-27,29-30H,5,7,12H2,1H3/t19-,21-,22-,23-,24-/m1/s1. The Balaban J connectivity index is 1.49. The smallest absolute Gasteiger partial charge is 0.507 e. The van der Waals surface area contributed by atoms with Gasteiger partial charge < -0.3 is 43.8 Å². The first kappa shape index (κ1) is 25.5. The maximum atomic E-state index is 13.1. The molecule has 36 heavy (non-hydrogen) atoms. The number of phenolic OH excluding ortho intramolecular Hbond substituents is 1. The highest BCUT2D eigenvalue weighted by molar-refractivity contribution is 6.01. The fraction of sp³-hybridized carbons (Fsp3) is 0.360. The third kappa shape index (κ3) is 5.29. The van der Waals surface area contributed by atoms with Crippen molar-refractivity contribution in [3.05, 3.63) is 59.9 Å². The number of phenols is 1. The molecule has 1 aromatic heterocycles. The fourth-order valence-electron chi connectivity index (χ4n) is 4.03. The number of hydrogen-bond acceptors (Lipinski definition) is 11. The molecule has 5 atom stereocenters. The average molecular weight is 502 g/mol. The number of carbonyl (C=O) groups is 2. The van der Waals surface area contributed by atoms with Crippen molar-refractivity contribution >= 4 is 22.9 Å². The number of benzene rings is 2. The summed E-state index contributed by atoms with van der Waals surface area (Å²) in [6.07, 6.45) is -6.81. The topological polar surface area (TPSA) is 165 Å². The van der Waals surface area contributed by atoms with E-state index in [1.165, 1.54) is 18.2 Å². The highest BCUT2D eigenvalue weighted by atomic mass is 16.7. The maximum absolute atomic E-state index is 13.1. The van der Waals surface area contributed by atoms with E-state index in [2.05, 4.69) is 4.74 Å². The number of aryl methyl sites for hydroxylation is 1. The summed E-state index contributed by atoms with van der Waals surface area (Å²) < 4.78 is 25.8. The van der Waals surface area contributed by atoms with Crippen LogP contribution in [-0.4, -0.2) is 76.8 Å². The van der Waals surface area contributed by atoms with E-state index in [1.807, 2.05) is 24.3 Å². The molecular weight excluding hydrogens is 476 g/mol. The molecule has 0 amide bonds. The average Bonchev–Trinajstić information content (AvgIpc) is 3.35. The zero-order valence-corrected chi connectivity index (χ0v) is 19.3. The van der Waals surface area contributed by atoms with Crippen molar-refractivity contribution in [3.63, 3.8) is 0 Å². The number of aliphatic hydroxyl groups excluding tert-OH is 3. The first-order valence-electron chi connectivity index (χ1n) is 11.2. The van der Waals surface area contributed by atoms with Crippen LogP contribution >= 0.6 is 0 Å². The lowest BCUT2D eigenvalue weighted by atomic mass is 9.98. The van der Waals surface area contributed by atoms with E-state index in [-0.39, 0.29) is 23.5 Å². The maximum Gasteiger partial charge on any atom is 0.508 e. The number of hydrogen-bond donors (Lipinski definition) is 4. The van der Waals surface area contributed by atoms with Crippen LogP contribution in [0, 0.1) is 0 Å². The zero-order valence-electron chi connectivity index (χ0n) is 19.3. The summed E-state index contributed by atoms with van der Waals surface area (Å²) in [6.45, 7) is -0.682. The first-order chi connectivity index (χ1) is 17.3. The van der Waals surface area contributed by atoms with Crippen molar-refractivity contribution in [3.8, 4) is 11.5 Å². The quantitative estimate of drug-likeness (QED) is 0.263. The Morgan fingerprint density at radius 1 is 1.08 bits per heavy atom. The third-order valence-corrected chi connectivity index (χ3v) is 5.90. The van der Waals surface area contributed by atoms with Gasteiger partial charge in [-0.05, 0) is 42.3 Å². The van der Waals surface area contributed by atoms with E-state index >= 15 is 0 Å². The molecule has 0 unspecified atom stereocenters. The lowest BCUT2D eigenvalue weighted by Gasteiger charge is -2.41. The van der Waals surface area contributed by atoms with Gasteiger partial charge in [0.2, 0.25) is 6.29 Å². The second-order valence-corrected chi connectivity index (χ2v) is 8.23. The molecule has 0 aliphatic carbocycles. The van der Waals surface area contributed by atoms with Gasteiger partial charge >= 0.3 is 6.16 Å². The minimum absolute atomic E-state index is 0.0440. The Bertz CT molecular complexity index is 1220. The van der Waals surface area contributed by atoms with Crippen molar-refractivity contribution in [1.82, 2.24) is 0 Å². The molecule has 0 radical (unpaired) electrons. The lowest BCUT2D eigenvalue weighted by Crippen LogP contribution is -2.61. The number of fused-ring (bicyclic) bond motifs is 1. The SMILES string of the molecule is COC(=O)O[C@H]1[C@H](O)[C@@H](O)[C@H](Oc2cccc(O)c2C(=O)CCc2ccc3occc3c2)O[C@@H]1CO. The minimum atomic E-state index is -1.73. The molecule has 0 bridgehead atoms. The van der Waals surface area contributed by atoms with Crippen molar-refractivity contribution in [1.29, 1.82) is 0 Å². The molecule has 4 N–H and O–H groups in total. The van der Waals surface area contributed by atoms with Gasteiger partial charge in [0.05, 0.1) is 20.0 Å². The monoisotopic (exact) mass is 502 g/mol. The van der Waals surface area contributed by atoms with Crippen LogP contribution in [0.1, 0.15) is 22.3 Å². The lowest BCUT2D eigenvalue weighted by molar-refractivity contribution is -0.278. The van der Waals surface area contributed by atoms with Crippen LogP contribution in [0.2, 0.25) is 0 Å². The van der Waals surface area contributed by atoms with Crippen LogP contribution in [0.3, 0.4) is 0 Å². The summed E-state index contributed by atoms with van der Waals surface area (Å²) in [6, 6.07) is 11.5. The van der Waals surface area contributed by atoms with E-state index in [1.54, 1.807) is 6.26 Å². The number of ether oxygens (including phenoxy) is 4. The first-order valence-corrected chi connectivity index (χ1v) is 11.2. The molecule has 1 fully saturated rings. The summed E-state index contributed by atoms with van der Waals surface area (Å²) in [5, 5.41) is 41.9. The molecule has 2 aromatic carbocycles. The van der Waals surface area contributed by atoms with E-state index in [9.17, 15) is 30.0 Å². The Labute approximate surface area is 205 Å².